The first-order valence-electron chi connectivity index (χ1n) is 10.7. The smallest absolute Gasteiger partial charge is 0.323 e. The maximum absolute atomic E-state index is 12.4. The van der Waals surface area contributed by atoms with Gasteiger partial charge in [0, 0.05) is 25.9 Å². The molecule has 1 aliphatic rings. The van der Waals surface area contributed by atoms with E-state index in [9.17, 15) is 27.9 Å². The van der Waals surface area contributed by atoms with E-state index in [1.165, 1.54) is 12.1 Å². The van der Waals surface area contributed by atoms with Gasteiger partial charge in [-0.2, -0.15) is 4.72 Å². The molecule has 0 unspecified atom stereocenters. The van der Waals surface area contributed by atoms with E-state index in [0.29, 0.717) is 17.9 Å². The van der Waals surface area contributed by atoms with Gasteiger partial charge in [0.2, 0.25) is 21.8 Å². The van der Waals surface area contributed by atoms with Crippen molar-refractivity contribution in [3.05, 3.63) is 29.8 Å². The summed E-state index contributed by atoms with van der Waals surface area (Å²) in [5, 5.41) is 17.7. The molecule has 1 fully saturated rings. The van der Waals surface area contributed by atoms with Crippen LogP contribution in [0.3, 0.4) is 0 Å². The standard InChI is InChI=1S/C21H32N4O6S/c1-15-3-2-4-17(13-15)32(30,31)25-18(21(28)29)14-24-20(27)9-12-23-19(26)6-5-16-7-10-22-11-8-16/h2-4,13,16,18,22,25H,5-12,14H2,1H3,(H,23,26)(H,24,27)(H,28,29)/t18-/m0/s1. The van der Waals surface area contributed by atoms with Gasteiger partial charge in [0.25, 0.3) is 0 Å². The molecule has 1 aromatic carbocycles. The molecular formula is C21H32N4O6S. The van der Waals surface area contributed by atoms with Crippen LogP contribution < -0.4 is 20.7 Å². The Balaban J connectivity index is 1.72. The van der Waals surface area contributed by atoms with E-state index in [2.05, 4.69) is 20.7 Å². The topological polar surface area (TPSA) is 154 Å². The van der Waals surface area contributed by atoms with Gasteiger partial charge in [-0.15, -0.1) is 0 Å². The molecular weight excluding hydrogens is 436 g/mol. The average Bonchev–Trinajstić information content (AvgIpc) is 2.75. The van der Waals surface area contributed by atoms with Gasteiger partial charge >= 0.3 is 5.97 Å². The Kier molecular flexibility index (Phi) is 10.1. The molecule has 0 aliphatic carbocycles. The Morgan fingerprint density at radius 3 is 2.47 bits per heavy atom. The molecule has 0 aromatic heterocycles. The number of hydrogen-bond donors (Lipinski definition) is 5. The van der Waals surface area contributed by atoms with Gasteiger partial charge in [-0.1, -0.05) is 12.1 Å². The minimum Gasteiger partial charge on any atom is -0.480 e. The Morgan fingerprint density at radius 2 is 1.81 bits per heavy atom. The fourth-order valence-electron chi connectivity index (χ4n) is 3.43. The lowest BCUT2D eigenvalue weighted by molar-refractivity contribution is -0.138. The highest BCUT2D eigenvalue weighted by Crippen LogP contribution is 2.17. The van der Waals surface area contributed by atoms with Crippen LogP contribution in [0, 0.1) is 12.8 Å². The summed E-state index contributed by atoms with van der Waals surface area (Å²) in [5.74, 6) is -1.47. The number of carbonyl (C=O) groups excluding carboxylic acids is 2. The third-order valence-corrected chi connectivity index (χ3v) is 6.78. The van der Waals surface area contributed by atoms with Gasteiger partial charge in [-0.25, -0.2) is 8.42 Å². The van der Waals surface area contributed by atoms with Crippen molar-refractivity contribution in [2.45, 2.75) is 50.0 Å². The predicted octanol–water partition coefficient (Wildman–Crippen LogP) is 0.129. The maximum atomic E-state index is 12.4. The molecule has 10 nitrogen and oxygen atoms in total. The van der Waals surface area contributed by atoms with Crippen LogP contribution in [0.15, 0.2) is 29.2 Å². The molecule has 1 heterocycles. The Hall–Kier alpha value is -2.50. The lowest BCUT2D eigenvalue weighted by atomic mass is 9.93. The van der Waals surface area contributed by atoms with Crippen LogP contribution in [-0.4, -0.2) is 63.5 Å². The zero-order chi connectivity index (χ0) is 23.6. The zero-order valence-corrected chi connectivity index (χ0v) is 19.0. The molecule has 1 aromatic rings. The molecule has 178 valence electrons. The van der Waals surface area contributed by atoms with Crippen LogP contribution in [0.1, 0.15) is 37.7 Å². The summed E-state index contributed by atoms with van der Waals surface area (Å²) in [7, 11) is -4.06. The first kappa shape index (κ1) is 25.8. The van der Waals surface area contributed by atoms with Crippen LogP contribution in [0.5, 0.6) is 0 Å². The Morgan fingerprint density at radius 1 is 1.12 bits per heavy atom. The SMILES string of the molecule is Cc1cccc(S(=O)(=O)N[C@@H](CNC(=O)CCNC(=O)CCC2CCNCC2)C(=O)O)c1. The fourth-order valence-corrected chi connectivity index (χ4v) is 4.72. The third-order valence-electron chi connectivity index (χ3n) is 5.31. The number of carboxylic acids is 1. The van der Waals surface area contributed by atoms with Crippen molar-refractivity contribution >= 4 is 27.8 Å². The number of sulfonamides is 1. The van der Waals surface area contributed by atoms with Crippen LogP contribution in [0.4, 0.5) is 0 Å². The number of carboxylic acid groups (broad SMARTS) is 1. The number of piperidine rings is 1. The molecule has 11 heteroatoms. The summed E-state index contributed by atoms with van der Waals surface area (Å²) in [5.41, 5.74) is 0.714. The highest BCUT2D eigenvalue weighted by atomic mass is 32.2. The number of nitrogens with one attached hydrogen (secondary N) is 4. The fraction of sp³-hybridized carbons (Fsp3) is 0.571. The lowest BCUT2D eigenvalue weighted by Crippen LogP contribution is -2.48. The second-order valence-electron chi connectivity index (χ2n) is 7.96. The van der Waals surface area contributed by atoms with Crippen molar-refractivity contribution in [2.24, 2.45) is 5.92 Å². The highest BCUT2D eigenvalue weighted by molar-refractivity contribution is 7.89. The number of aryl methyl sites for hydroxylation is 1. The van der Waals surface area contributed by atoms with Gasteiger partial charge in [0.05, 0.1) is 4.90 Å². The summed E-state index contributed by atoms with van der Waals surface area (Å²) in [6.07, 6.45) is 3.33. The van der Waals surface area contributed by atoms with E-state index in [-0.39, 0.29) is 23.8 Å². The quantitative estimate of drug-likeness (QED) is 0.292. The molecule has 1 atom stereocenters. The maximum Gasteiger partial charge on any atom is 0.323 e. The molecule has 2 rings (SSSR count). The number of aliphatic carboxylic acids is 1. The second-order valence-corrected chi connectivity index (χ2v) is 9.68. The second kappa shape index (κ2) is 12.5. The van der Waals surface area contributed by atoms with E-state index < -0.39 is 34.5 Å². The van der Waals surface area contributed by atoms with Crippen molar-refractivity contribution in [1.29, 1.82) is 0 Å². The number of hydrogen-bond acceptors (Lipinski definition) is 6. The summed E-state index contributed by atoms with van der Waals surface area (Å²) in [4.78, 5) is 35.3. The number of rotatable bonds is 12. The molecule has 0 spiro atoms. The molecule has 1 saturated heterocycles. The summed E-state index contributed by atoms with van der Waals surface area (Å²) < 4.78 is 27.0. The van der Waals surface area contributed by atoms with Gasteiger partial charge in [0.1, 0.15) is 6.04 Å². The van der Waals surface area contributed by atoms with Crippen LogP contribution in [0.25, 0.3) is 0 Å². The van der Waals surface area contributed by atoms with Gasteiger partial charge in [-0.3, -0.25) is 14.4 Å². The van der Waals surface area contributed by atoms with Crippen LogP contribution in [0.2, 0.25) is 0 Å². The van der Waals surface area contributed by atoms with Crippen LogP contribution in [-0.2, 0) is 24.4 Å². The molecule has 0 radical (unpaired) electrons. The first-order valence-corrected chi connectivity index (χ1v) is 12.2. The van der Waals surface area contributed by atoms with E-state index in [1.54, 1.807) is 19.1 Å². The molecule has 0 bridgehead atoms. The normalized spacial score (nSPS) is 15.7. The highest BCUT2D eigenvalue weighted by Gasteiger charge is 2.26. The Bertz CT molecular complexity index is 899. The van der Waals surface area contributed by atoms with Crippen LogP contribution >= 0.6 is 0 Å². The van der Waals surface area contributed by atoms with E-state index in [4.69, 9.17) is 0 Å². The largest absolute Gasteiger partial charge is 0.480 e. The predicted molar refractivity (Wildman–Crippen MR) is 118 cm³/mol. The van der Waals surface area contributed by atoms with E-state index >= 15 is 0 Å². The lowest BCUT2D eigenvalue weighted by Gasteiger charge is -2.22. The zero-order valence-electron chi connectivity index (χ0n) is 18.2. The monoisotopic (exact) mass is 468 g/mol. The van der Waals surface area contributed by atoms with Gasteiger partial charge in [0.15, 0.2) is 0 Å². The minimum absolute atomic E-state index is 0.0317. The van der Waals surface area contributed by atoms with Crippen molar-refractivity contribution < 1.29 is 27.9 Å². The van der Waals surface area contributed by atoms with Crippen molar-refractivity contribution in [3.8, 4) is 0 Å². The van der Waals surface area contributed by atoms with E-state index in [0.717, 1.165) is 32.4 Å². The van der Waals surface area contributed by atoms with Crippen molar-refractivity contribution in [3.63, 3.8) is 0 Å². The number of carbonyl (C=O) groups is 3. The summed E-state index contributed by atoms with van der Waals surface area (Å²) in [6, 6.07) is 4.54. The molecule has 32 heavy (non-hydrogen) atoms. The molecule has 1 aliphatic heterocycles. The number of amides is 2. The summed E-state index contributed by atoms with van der Waals surface area (Å²) >= 11 is 0. The molecule has 2 amide bonds. The molecule has 0 saturated carbocycles. The average molecular weight is 469 g/mol. The third kappa shape index (κ3) is 8.93. The minimum atomic E-state index is -4.06. The number of benzene rings is 1. The Labute approximate surface area is 188 Å². The summed E-state index contributed by atoms with van der Waals surface area (Å²) in [6.45, 7) is 3.39. The first-order chi connectivity index (χ1) is 15.2. The van der Waals surface area contributed by atoms with Gasteiger partial charge < -0.3 is 21.1 Å². The van der Waals surface area contributed by atoms with E-state index in [1.807, 2.05) is 0 Å². The molecule has 5 N–H and O–H groups in total. The van der Waals surface area contributed by atoms with Gasteiger partial charge in [-0.05, 0) is 62.9 Å². The van der Waals surface area contributed by atoms with Crippen molar-refractivity contribution in [1.82, 2.24) is 20.7 Å². The van der Waals surface area contributed by atoms with Crippen molar-refractivity contribution in [2.75, 3.05) is 26.2 Å².